The molecule has 13 heteroatoms. The number of aryl methyl sites for hydroxylation is 6. The van der Waals surface area contributed by atoms with E-state index in [1.54, 1.807) is 52.0 Å². The first-order valence-corrected chi connectivity index (χ1v) is 16.7. The second-order valence-corrected chi connectivity index (χ2v) is 13.9. The Balaban J connectivity index is 0. The van der Waals surface area contributed by atoms with Gasteiger partial charge in [0.25, 0.3) is 0 Å². The van der Waals surface area contributed by atoms with E-state index in [1.165, 1.54) is 0 Å². The number of carboxylic acid groups (broad SMARTS) is 3. The van der Waals surface area contributed by atoms with E-state index < -0.39 is 54.1 Å². The van der Waals surface area contributed by atoms with Gasteiger partial charge in [-0.05, 0) is 70.2 Å². The topological polar surface area (TPSA) is 224 Å². The summed E-state index contributed by atoms with van der Waals surface area (Å²) >= 11 is 0. The summed E-state index contributed by atoms with van der Waals surface area (Å²) in [5.41, 5.74) is 2.76. The number of carbonyl (C=O) groups excluding carboxylic acids is 2. The number of aliphatic hydroxyl groups excluding tert-OH is 3. The highest BCUT2D eigenvalue weighted by molar-refractivity contribution is 7.95. The lowest BCUT2D eigenvalue weighted by Gasteiger charge is -2.24. The smallest absolute Gasteiger partial charge is 0.327 e. The predicted octanol–water partition coefficient (Wildman–Crippen LogP) is 5.23. The van der Waals surface area contributed by atoms with E-state index in [0.717, 1.165) is 23.3 Å². The van der Waals surface area contributed by atoms with Gasteiger partial charge in [-0.2, -0.15) is 0 Å². The molecule has 2 aromatic rings. The van der Waals surface area contributed by atoms with Crippen LogP contribution in [-0.4, -0.2) is 85.6 Å². The molecule has 0 aliphatic rings. The molecule has 0 aromatic heterocycles. The van der Waals surface area contributed by atoms with Gasteiger partial charge in [-0.25, -0.2) is 9.59 Å². The summed E-state index contributed by atoms with van der Waals surface area (Å²) in [4.78, 5) is 56.6. The van der Waals surface area contributed by atoms with Crippen molar-refractivity contribution >= 4 is 36.1 Å². The largest absolute Gasteiger partial charge is 0.481 e. The molecule has 0 unspecified atom stereocenters. The Morgan fingerprint density at radius 2 is 0.938 bits per heavy atom. The number of rotatable bonds is 13. The zero-order valence-electron chi connectivity index (χ0n) is 28.7. The minimum Gasteiger partial charge on any atom is -0.481 e. The molecule has 48 heavy (non-hydrogen) atoms. The van der Waals surface area contributed by atoms with Crippen LogP contribution in [0, 0.1) is 47.0 Å². The highest BCUT2D eigenvalue weighted by atomic mass is 31.2. The van der Waals surface area contributed by atoms with Crippen LogP contribution in [0.5, 0.6) is 0 Å². The Kier molecular flexibility index (Phi) is 20.7. The molecule has 0 saturated heterocycles. The van der Waals surface area contributed by atoms with E-state index in [4.69, 9.17) is 30.6 Å². The third kappa shape index (κ3) is 14.3. The molecular formula is C35H49O12P. The molecule has 0 heterocycles. The third-order valence-electron chi connectivity index (χ3n) is 7.18. The summed E-state index contributed by atoms with van der Waals surface area (Å²) < 4.78 is 13.9. The normalized spacial score (nSPS) is 10.5. The van der Waals surface area contributed by atoms with Crippen LogP contribution in [0.1, 0.15) is 73.9 Å². The molecule has 0 aliphatic heterocycles. The second-order valence-electron chi connectivity index (χ2n) is 11.2. The van der Waals surface area contributed by atoms with Crippen molar-refractivity contribution in [1.29, 1.82) is 0 Å². The Bertz CT molecular complexity index is 1360. The average Bonchev–Trinajstić information content (AvgIpc) is 3.01. The second kappa shape index (κ2) is 21.6. The van der Waals surface area contributed by atoms with Crippen LogP contribution in [0.15, 0.2) is 49.6 Å². The summed E-state index contributed by atoms with van der Waals surface area (Å²) in [6, 6.07) is 7.20. The zero-order chi connectivity index (χ0) is 38.0. The molecule has 266 valence electrons. The van der Waals surface area contributed by atoms with Gasteiger partial charge in [0.05, 0.1) is 26.2 Å². The Hall–Kier alpha value is -4.22. The van der Waals surface area contributed by atoms with Gasteiger partial charge in [0.2, 0.25) is 18.2 Å². The van der Waals surface area contributed by atoms with Crippen molar-refractivity contribution in [2.45, 2.75) is 61.3 Å². The number of carboxylic acids is 3. The molecule has 0 fully saturated rings. The number of aliphatic carboxylic acids is 3. The number of benzene rings is 2. The maximum atomic E-state index is 13.9. The quantitative estimate of drug-likeness (QED) is 0.117. The summed E-state index contributed by atoms with van der Waals surface area (Å²) in [5.74, 6) is -3.16. The summed E-state index contributed by atoms with van der Waals surface area (Å²) in [5, 5.41) is 50.3. The molecule has 0 saturated carbocycles. The first-order chi connectivity index (χ1) is 22.2. The summed E-state index contributed by atoms with van der Waals surface area (Å²) in [6.45, 7) is 18.0. The fraction of sp³-hybridized carbons (Fsp3) is 0.400. The van der Waals surface area contributed by atoms with E-state index in [2.05, 4.69) is 13.2 Å². The van der Waals surface area contributed by atoms with E-state index in [-0.39, 0.29) is 30.9 Å². The van der Waals surface area contributed by atoms with Crippen molar-refractivity contribution in [3.63, 3.8) is 0 Å². The summed E-state index contributed by atoms with van der Waals surface area (Å²) in [6.07, 6.45) is 1.26. The average molecular weight is 693 g/mol. The molecule has 2 rings (SSSR count). The maximum Gasteiger partial charge on any atom is 0.327 e. The lowest BCUT2D eigenvalue weighted by molar-refractivity contribution is -0.136. The lowest BCUT2D eigenvalue weighted by atomic mass is 9.88. The van der Waals surface area contributed by atoms with Crippen molar-refractivity contribution in [3.05, 3.63) is 94.1 Å². The van der Waals surface area contributed by atoms with Crippen LogP contribution in [-0.2, 0) is 18.9 Å². The SMILES string of the molecule is C=CC(=O)O.C=CC(=O)O.CCC(CO)(CO)CO.Cc1cc(C)c(C(=O)P(=O)(CCC(=O)O)C(=O)c2c(C)cc(C)cc2C)c(C)c1. The van der Waals surface area contributed by atoms with Crippen molar-refractivity contribution < 1.29 is 59.2 Å². The van der Waals surface area contributed by atoms with E-state index in [0.29, 0.717) is 28.7 Å². The number of hydrogen-bond donors (Lipinski definition) is 6. The fourth-order valence-corrected chi connectivity index (χ4v) is 6.95. The van der Waals surface area contributed by atoms with E-state index >= 15 is 0 Å². The molecule has 0 atom stereocenters. The Labute approximate surface area is 281 Å². The Morgan fingerprint density at radius 1 is 0.667 bits per heavy atom. The number of carbonyl (C=O) groups is 5. The van der Waals surface area contributed by atoms with Gasteiger partial charge in [0.1, 0.15) is 0 Å². The van der Waals surface area contributed by atoms with Gasteiger partial charge in [0.15, 0.2) is 0 Å². The molecule has 2 aromatic carbocycles. The van der Waals surface area contributed by atoms with Gasteiger partial charge < -0.3 is 35.2 Å². The first kappa shape index (κ1) is 45.9. The summed E-state index contributed by atoms with van der Waals surface area (Å²) in [7, 11) is -4.20. The predicted molar refractivity (Wildman–Crippen MR) is 184 cm³/mol. The van der Waals surface area contributed by atoms with Gasteiger partial charge in [-0.1, -0.05) is 55.5 Å². The molecule has 0 radical (unpaired) electrons. The van der Waals surface area contributed by atoms with Crippen LogP contribution >= 0.6 is 7.14 Å². The van der Waals surface area contributed by atoms with Crippen LogP contribution in [0.25, 0.3) is 0 Å². The minimum atomic E-state index is -4.20. The lowest BCUT2D eigenvalue weighted by Crippen LogP contribution is -2.32. The Morgan fingerprint density at radius 3 is 1.10 bits per heavy atom. The fourth-order valence-electron chi connectivity index (χ4n) is 4.43. The highest BCUT2D eigenvalue weighted by Crippen LogP contribution is 2.54. The molecule has 0 spiro atoms. The molecule has 6 N–H and O–H groups in total. The van der Waals surface area contributed by atoms with Gasteiger partial charge in [0, 0.05) is 34.9 Å². The molecule has 0 amide bonds. The van der Waals surface area contributed by atoms with E-state index in [9.17, 15) is 28.5 Å². The van der Waals surface area contributed by atoms with Crippen molar-refractivity contribution in [1.82, 2.24) is 0 Å². The third-order valence-corrected chi connectivity index (χ3v) is 9.80. The highest BCUT2D eigenvalue weighted by Gasteiger charge is 2.43. The van der Waals surface area contributed by atoms with Crippen LogP contribution in [0.4, 0.5) is 0 Å². The standard InChI is InChI=1S/C23H27O5P.C6H14O3.2C3H4O2/c1-13-9-15(3)20(16(4)10-13)22(26)29(28,8-7-19(24)25)23(27)21-17(5)11-14(2)12-18(21)6;1-2-6(3-7,4-8)5-9;2*1-2-3(4)5/h9-12H,7-8H2,1-6H3,(H,24,25);7-9H,2-5H2,1H3;2*2H,1H2,(H,4,5). The maximum absolute atomic E-state index is 13.9. The molecular weight excluding hydrogens is 643 g/mol. The molecule has 12 nitrogen and oxygen atoms in total. The van der Waals surface area contributed by atoms with Gasteiger partial charge >= 0.3 is 17.9 Å². The first-order valence-electron chi connectivity index (χ1n) is 14.8. The molecule has 0 aliphatic carbocycles. The van der Waals surface area contributed by atoms with Gasteiger partial charge in [-0.15, -0.1) is 0 Å². The van der Waals surface area contributed by atoms with Crippen molar-refractivity contribution in [2.24, 2.45) is 5.41 Å². The molecule has 0 bridgehead atoms. The number of hydrogen-bond acceptors (Lipinski definition) is 9. The monoisotopic (exact) mass is 692 g/mol. The number of aliphatic hydroxyl groups is 3. The van der Waals surface area contributed by atoms with Crippen LogP contribution in [0.2, 0.25) is 0 Å². The van der Waals surface area contributed by atoms with Crippen LogP contribution < -0.4 is 0 Å². The minimum absolute atomic E-state index is 0.156. The van der Waals surface area contributed by atoms with Crippen molar-refractivity contribution in [2.75, 3.05) is 26.0 Å². The van der Waals surface area contributed by atoms with Crippen LogP contribution in [0.3, 0.4) is 0 Å². The van der Waals surface area contributed by atoms with E-state index in [1.807, 2.05) is 20.8 Å². The van der Waals surface area contributed by atoms with Crippen molar-refractivity contribution in [3.8, 4) is 0 Å². The zero-order valence-corrected chi connectivity index (χ0v) is 29.6. The van der Waals surface area contributed by atoms with Gasteiger partial charge in [-0.3, -0.25) is 14.4 Å².